The van der Waals surface area contributed by atoms with E-state index in [1.165, 1.54) is 23.1 Å². The standard InChI is InChI=1S/C20H32O2S.C17H26O2.C3H8.C2H6/c1-19(2,3)16-12-14(9-10-15(21)8-7-11-23)13-17(18(16)22)20(4,5)6;1-6-11-19-16(18)10-9-14-8-7-13(2)15(12-14)17(3,4)5;1-3-2;1-2/h12-13,22-23H,7-11H2,1-6H3;7-8,12H,6,9-11H2,1-5H3;3H2,1-2H3;1-2H3. The van der Waals surface area contributed by atoms with E-state index >= 15 is 0 Å². The summed E-state index contributed by atoms with van der Waals surface area (Å²) < 4.78 is 5.10. The van der Waals surface area contributed by atoms with E-state index in [4.69, 9.17) is 4.74 Å². The van der Waals surface area contributed by atoms with Crippen molar-refractivity contribution in [3.05, 3.63) is 63.7 Å². The molecular weight excluding hydrogens is 601 g/mol. The predicted molar refractivity (Wildman–Crippen MR) is 209 cm³/mol. The third kappa shape index (κ3) is 19.4. The zero-order chi connectivity index (χ0) is 37.0. The second kappa shape index (κ2) is 23.1. The molecule has 1 N–H and O–H groups in total. The molecule has 0 heterocycles. The van der Waals surface area contributed by atoms with Crippen LogP contribution in [0, 0.1) is 6.92 Å². The number of Topliss-reactive ketones (excluding diaryl/α,β-unsaturated/α-hetero) is 1. The summed E-state index contributed by atoms with van der Waals surface area (Å²) in [6, 6.07) is 10.6. The number of phenolic OH excluding ortho intramolecular Hbond substituents is 1. The van der Waals surface area contributed by atoms with Crippen LogP contribution in [0.5, 0.6) is 5.75 Å². The fraction of sp³-hybridized carbons (Fsp3) is 0.667. The van der Waals surface area contributed by atoms with Crippen LogP contribution < -0.4 is 0 Å². The lowest BCUT2D eigenvalue weighted by molar-refractivity contribution is -0.143. The van der Waals surface area contributed by atoms with Gasteiger partial charge in [-0.1, -0.05) is 134 Å². The van der Waals surface area contributed by atoms with Gasteiger partial charge in [0.05, 0.1) is 6.61 Å². The van der Waals surface area contributed by atoms with Gasteiger partial charge in [-0.05, 0) is 88.0 Å². The van der Waals surface area contributed by atoms with Crippen LogP contribution in [-0.4, -0.2) is 29.2 Å². The van der Waals surface area contributed by atoms with Crippen molar-refractivity contribution in [2.75, 3.05) is 12.4 Å². The number of ether oxygens (including phenoxy) is 1. The Labute approximate surface area is 296 Å². The quantitative estimate of drug-likeness (QED) is 0.184. The van der Waals surface area contributed by atoms with Gasteiger partial charge in [0.25, 0.3) is 0 Å². The fourth-order valence-corrected chi connectivity index (χ4v) is 4.99. The molecule has 2 aromatic rings. The normalized spacial score (nSPS) is 11.2. The molecule has 47 heavy (non-hydrogen) atoms. The summed E-state index contributed by atoms with van der Waals surface area (Å²) in [5, 5.41) is 10.7. The molecule has 0 radical (unpaired) electrons. The highest BCUT2D eigenvalue weighted by Gasteiger charge is 2.26. The van der Waals surface area contributed by atoms with Gasteiger partial charge in [-0.25, -0.2) is 0 Å². The summed E-state index contributed by atoms with van der Waals surface area (Å²) in [6.07, 6.45) is 6.10. The number of benzene rings is 2. The summed E-state index contributed by atoms with van der Waals surface area (Å²) in [5.41, 5.74) is 6.82. The largest absolute Gasteiger partial charge is 0.507 e. The summed E-state index contributed by atoms with van der Waals surface area (Å²) in [5.74, 6) is 1.35. The monoisotopic (exact) mass is 673 g/mol. The Morgan fingerprint density at radius 1 is 0.723 bits per heavy atom. The molecule has 0 spiro atoms. The minimum Gasteiger partial charge on any atom is -0.507 e. The van der Waals surface area contributed by atoms with E-state index in [1.807, 2.05) is 20.8 Å². The van der Waals surface area contributed by atoms with E-state index in [9.17, 15) is 14.7 Å². The first-order valence-electron chi connectivity index (χ1n) is 18.0. The van der Waals surface area contributed by atoms with Crippen molar-refractivity contribution in [2.45, 2.75) is 171 Å². The summed E-state index contributed by atoms with van der Waals surface area (Å²) >= 11 is 4.15. The van der Waals surface area contributed by atoms with Crippen LogP contribution in [0.1, 0.15) is 169 Å². The third-order valence-corrected chi connectivity index (χ3v) is 7.60. The highest BCUT2D eigenvalue weighted by Crippen LogP contribution is 2.40. The Hall–Kier alpha value is -2.27. The first-order valence-corrected chi connectivity index (χ1v) is 18.6. The van der Waals surface area contributed by atoms with Gasteiger partial charge >= 0.3 is 5.97 Å². The van der Waals surface area contributed by atoms with E-state index < -0.39 is 0 Å². The number of carbonyl (C=O) groups is 2. The molecule has 0 amide bonds. The highest BCUT2D eigenvalue weighted by atomic mass is 32.1. The molecule has 0 atom stereocenters. The molecule has 2 aromatic carbocycles. The Bertz CT molecular complexity index is 1140. The second-order valence-electron chi connectivity index (χ2n) is 15.2. The van der Waals surface area contributed by atoms with Crippen molar-refractivity contribution in [1.82, 2.24) is 0 Å². The summed E-state index contributed by atoms with van der Waals surface area (Å²) in [6.45, 7) is 32.2. The molecule has 0 saturated heterocycles. The van der Waals surface area contributed by atoms with E-state index in [1.54, 1.807) is 0 Å². The molecule has 0 aliphatic rings. The number of aromatic hydroxyl groups is 1. The number of hydrogen-bond donors (Lipinski definition) is 2. The molecular formula is C42H72O4S. The minimum absolute atomic E-state index is 0.0975. The van der Waals surface area contributed by atoms with Crippen molar-refractivity contribution in [3.8, 4) is 5.75 Å². The van der Waals surface area contributed by atoms with Crippen LogP contribution in [-0.2, 0) is 43.4 Å². The number of thiol groups is 1. The molecule has 0 unspecified atom stereocenters. The maximum atomic E-state index is 11.9. The number of rotatable bonds is 11. The number of ketones is 1. The van der Waals surface area contributed by atoms with Crippen LogP contribution in [0.3, 0.4) is 0 Å². The SMILES string of the molecule is CC.CC(C)(C)c1cc(CCC(=O)CCCS)cc(C(C)(C)C)c1O.CCC.CCCOC(=O)CCc1ccc(C)c(C(C)(C)C)c1. The van der Waals surface area contributed by atoms with Crippen molar-refractivity contribution in [2.24, 2.45) is 0 Å². The molecule has 4 nitrogen and oxygen atoms in total. The molecule has 0 aromatic heterocycles. The number of carbonyl (C=O) groups excluding carboxylic acids is 2. The number of esters is 1. The number of hydrogen-bond acceptors (Lipinski definition) is 5. The van der Waals surface area contributed by atoms with Gasteiger partial charge in [0.2, 0.25) is 0 Å². The van der Waals surface area contributed by atoms with Gasteiger partial charge < -0.3 is 9.84 Å². The van der Waals surface area contributed by atoms with E-state index in [0.717, 1.165) is 48.1 Å². The number of phenols is 1. The molecule has 0 saturated carbocycles. The molecule has 5 heteroatoms. The van der Waals surface area contributed by atoms with Gasteiger partial charge in [0.1, 0.15) is 11.5 Å². The van der Waals surface area contributed by atoms with Crippen LogP contribution in [0.15, 0.2) is 30.3 Å². The molecule has 0 bridgehead atoms. The molecule has 270 valence electrons. The number of aryl methyl sites for hydroxylation is 3. The van der Waals surface area contributed by atoms with Gasteiger partial charge in [-0.2, -0.15) is 12.6 Å². The molecule has 0 aliphatic carbocycles. The van der Waals surface area contributed by atoms with E-state index in [0.29, 0.717) is 37.4 Å². The van der Waals surface area contributed by atoms with Gasteiger partial charge in [0.15, 0.2) is 0 Å². The lowest BCUT2D eigenvalue weighted by Crippen LogP contribution is -2.18. The zero-order valence-corrected chi connectivity index (χ0v) is 34.0. The first-order chi connectivity index (χ1) is 21.7. The first kappa shape index (κ1) is 46.8. The lowest BCUT2D eigenvalue weighted by atomic mass is 9.78. The van der Waals surface area contributed by atoms with E-state index in [2.05, 4.69) is 126 Å². The third-order valence-electron chi connectivity index (χ3n) is 7.29. The highest BCUT2D eigenvalue weighted by molar-refractivity contribution is 7.80. The Morgan fingerprint density at radius 2 is 1.17 bits per heavy atom. The smallest absolute Gasteiger partial charge is 0.306 e. The van der Waals surface area contributed by atoms with Crippen molar-refractivity contribution in [3.63, 3.8) is 0 Å². The van der Waals surface area contributed by atoms with E-state index in [-0.39, 0.29) is 22.2 Å². The van der Waals surface area contributed by atoms with Crippen LogP contribution in [0.4, 0.5) is 0 Å². The average molecular weight is 673 g/mol. The Kier molecular flexibility index (Phi) is 23.1. The predicted octanol–water partition coefficient (Wildman–Crippen LogP) is 11.8. The van der Waals surface area contributed by atoms with Gasteiger partial charge in [-0.3, -0.25) is 9.59 Å². The van der Waals surface area contributed by atoms with Crippen molar-refractivity contribution >= 4 is 24.4 Å². The van der Waals surface area contributed by atoms with Crippen LogP contribution in [0.25, 0.3) is 0 Å². The molecule has 0 fully saturated rings. The zero-order valence-electron chi connectivity index (χ0n) is 33.1. The lowest BCUT2D eigenvalue weighted by Gasteiger charge is -2.28. The Morgan fingerprint density at radius 3 is 1.60 bits per heavy atom. The molecule has 2 rings (SSSR count). The van der Waals surface area contributed by atoms with Crippen LogP contribution in [0.2, 0.25) is 0 Å². The maximum Gasteiger partial charge on any atom is 0.306 e. The van der Waals surface area contributed by atoms with Crippen LogP contribution >= 0.6 is 12.6 Å². The summed E-state index contributed by atoms with van der Waals surface area (Å²) in [4.78, 5) is 23.4. The average Bonchev–Trinajstić information content (AvgIpc) is 2.98. The fourth-order valence-electron chi connectivity index (χ4n) is 4.83. The molecule has 0 aliphatic heterocycles. The minimum atomic E-state index is -0.129. The van der Waals surface area contributed by atoms with Crippen molar-refractivity contribution in [1.29, 1.82) is 0 Å². The van der Waals surface area contributed by atoms with Gasteiger partial charge in [-0.15, -0.1) is 0 Å². The van der Waals surface area contributed by atoms with Crippen molar-refractivity contribution < 1.29 is 19.4 Å². The summed E-state index contributed by atoms with van der Waals surface area (Å²) in [7, 11) is 0. The topological polar surface area (TPSA) is 63.6 Å². The Balaban J connectivity index is 0. The second-order valence-corrected chi connectivity index (χ2v) is 15.7. The van der Waals surface area contributed by atoms with Gasteiger partial charge in [0, 0.05) is 19.3 Å². The maximum absolute atomic E-state index is 11.9.